The molecule has 0 spiro atoms. The van der Waals surface area contributed by atoms with E-state index in [1.54, 1.807) is 18.4 Å². The van der Waals surface area contributed by atoms with Crippen molar-refractivity contribution in [1.82, 2.24) is 15.6 Å². The molecule has 1 aromatic carbocycles. The van der Waals surface area contributed by atoms with Crippen molar-refractivity contribution in [3.05, 3.63) is 45.9 Å². The van der Waals surface area contributed by atoms with Gasteiger partial charge in [0.05, 0.1) is 24.9 Å². The van der Waals surface area contributed by atoms with E-state index in [-0.39, 0.29) is 0 Å². The maximum absolute atomic E-state index is 5.38. The molecule has 0 aliphatic carbocycles. The first kappa shape index (κ1) is 17.3. The van der Waals surface area contributed by atoms with Crippen LogP contribution in [0.15, 0.2) is 34.8 Å². The molecule has 2 rings (SSSR count). The number of rotatable bonds is 7. The van der Waals surface area contributed by atoms with E-state index in [9.17, 15) is 0 Å². The first-order chi connectivity index (χ1) is 11.2. The van der Waals surface area contributed by atoms with E-state index in [2.05, 4.69) is 33.6 Å². The fraction of sp³-hybridized carbons (Fsp3) is 0.412. The van der Waals surface area contributed by atoms with Gasteiger partial charge in [0, 0.05) is 18.0 Å². The minimum atomic E-state index is 0.653. The normalized spacial score (nSPS) is 11.3. The molecule has 0 fully saturated rings. The molecule has 1 heterocycles. The molecule has 5 nitrogen and oxygen atoms in total. The Morgan fingerprint density at radius 3 is 2.83 bits per heavy atom. The largest absolute Gasteiger partial charge is 0.496 e. The van der Waals surface area contributed by atoms with Crippen molar-refractivity contribution in [1.29, 1.82) is 0 Å². The number of aliphatic imine (C=N–C) groups is 1. The summed E-state index contributed by atoms with van der Waals surface area (Å²) in [6, 6.07) is 8.09. The molecular formula is C17H24N4OS. The van der Waals surface area contributed by atoms with Crippen molar-refractivity contribution in [2.75, 3.05) is 20.2 Å². The summed E-state index contributed by atoms with van der Waals surface area (Å²) in [6.45, 7) is 6.37. The third-order valence-electron chi connectivity index (χ3n) is 3.45. The maximum Gasteiger partial charge on any atom is 0.191 e. The Morgan fingerprint density at radius 2 is 2.13 bits per heavy atom. The average Bonchev–Trinajstić information content (AvgIpc) is 2.98. The average molecular weight is 332 g/mol. The molecule has 23 heavy (non-hydrogen) atoms. The van der Waals surface area contributed by atoms with Gasteiger partial charge in [-0.2, -0.15) is 0 Å². The number of thiazole rings is 1. The number of hydrogen-bond acceptors (Lipinski definition) is 4. The number of hydrogen-bond donors (Lipinski definition) is 2. The lowest BCUT2D eigenvalue weighted by atomic mass is 10.1. The topological polar surface area (TPSA) is 58.5 Å². The van der Waals surface area contributed by atoms with E-state index in [1.165, 1.54) is 10.4 Å². The summed E-state index contributed by atoms with van der Waals surface area (Å²) in [6.07, 6.45) is 0.883. The lowest BCUT2D eigenvalue weighted by Gasteiger charge is -2.12. The molecule has 0 unspecified atom stereocenters. The molecule has 2 N–H and O–H groups in total. The zero-order valence-corrected chi connectivity index (χ0v) is 14.7. The fourth-order valence-electron chi connectivity index (χ4n) is 2.20. The van der Waals surface area contributed by atoms with E-state index >= 15 is 0 Å². The Labute approximate surface area is 141 Å². The Bertz CT molecular complexity index is 639. The zero-order chi connectivity index (χ0) is 16.5. The summed E-state index contributed by atoms with van der Waals surface area (Å²) < 4.78 is 5.38. The van der Waals surface area contributed by atoms with E-state index in [1.807, 2.05) is 30.6 Å². The second kappa shape index (κ2) is 9.15. The van der Waals surface area contributed by atoms with Crippen molar-refractivity contribution < 1.29 is 4.74 Å². The van der Waals surface area contributed by atoms with Gasteiger partial charge in [-0.15, -0.1) is 11.3 Å². The molecule has 0 bridgehead atoms. The molecule has 1 aromatic heterocycles. The summed E-state index contributed by atoms with van der Waals surface area (Å²) >= 11 is 1.64. The van der Waals surface area contributed by atoms with Gasteiger partial charge in [0.1, 0.15) is 5.75 Å². The molecule has 0 aliphatic heterocycles. The number of ether oxygens (including phenoxy) is 1. The van der Waals surface area contributed by atoms with Gasteiger partial charge >= 0.3 is 0 Å². The Morgan fingerprint density at radius 1 is 1.30 bits per heavy atom. The molecule has 0 atom stereocenters. The number of nitrogens with zero attached hydrogens (tertiary/aromatic N) is 2. The van der Waals surface area contributed by atoms with Crippen LogP contribution in [0.5, 0.6) is 5.75 Å². The highest BCUT2D eigenvalue weighted by Crippen LogP contribution is 2.17. The first-order valence-corrected chi connectivity index (χ1v) is 8.65. The SMILES string of the molecule is CCNC(=NCc1scnc1C)NCCc1ccccc1OC. The van der Waals surface area contributed by atoms with Gasteiger partial charge in [-0.05, 0) is 31.9 Å². The lowest BCUT2D eigenvalue weighted by Crippen LogP contribution is -2.38. The van der Waals surface area contributed by atoms with Gasteiger partial charge < -0.3 is 15.4 Å². The number of benzene rings is 1. The summed E-state index contributed by atoms with van der Waals surface area (Å²) in [5.74, 6) is 1.76. The predicted molar refractivity (Wildman–Crippen MR) is 96.4 cm³/mol. The summed E-state index contributed by atoms with van der Waals surface area (Å²) in [4.78, 5) is 10.1. The number of nitrogens with one attached hydrogen (secondary N) is 2. The molecule has 0 amide bonds. The Hall–Kier alpha value is -2.08. The summed E-state index contributed by atoms with van der Waals surface area (Å²) in [7, 11) is 1.70. The molecule has 0 radical (unpaired) electrons. The van der Waals surface area contributed by atoms with Crippen LogP contribution in [0.1, 0.15) is 23.1 Å². The van der Waals surface area contributed by atoms with Crippen LogP contribution in [-0.2, 0) is 13.0 Å². The van der Waals surface area contributed by atoms with E-state index in [4.69, 9.17) is 4.74 Å². The van der Waals surface area contributed by atoms with Crippen molar-refractivity contribution >= 4 is 17.3 Å². The van der Waals surface area contributed by atoms with Crippen LogP contribution in [0.2, 0.25) is 0 Å². The van der Waals surface area contributed by atoms with Gasteiger partial charge in [-0.1, -0.05) is 18.2 Å². The van der Waals surface area contributed by atoms with Crippen LogP contribution < -0.4 is 15.4 Å². The lowest BCUT2D eigenvalue weighted by molar-refractivity contribution is 0.409. The van der Waals surface area contributed by atoms with Gasteiger partial charge in [0.25, 0.3) is 0 Å². The van der Waals surface area contributed by atoms with Gasteiger partial charge in [0.15, 0.2) is 5.96 Å². The molecule has 6 heteroatoms. The van der Waals surface area contributed by atoms with Crippen LogP contribution in [0, 0.1) is 6.92 Å². The van der Waals surface area contributed by atoms with Crippen molar-refractivity contribution in [3.8, 4) is 5.75 Å². The predicted octanol–water partition coefficient (Wildman–Crippen LogP) is 2.76. The number of guanidine groups is 1. The third-order valence-corrected chi connectivity index (χ3v) is 4.37. The van der Waals surface area contributed by atoms with E-state index in [0.29, 0.717) is 6.54 Å². The maximum atomic E-state index is 5.38. The molecular weight excluding hydrogens is 308 g/mol. The number of methoxy groups -OCH3 is 1. The van der Waals surface area contributed by atoms with Gasteiger partial charge in [-0.25, -0.2) is 9.98 Å². The number of aromatic nitrogens is 1. The van der Waals surface area contributed by atoms with E-state index < -0.39 is 0 Å². The molecule has 0 saturated heterocycles. The molecule has 0 saturated carbocycles. The molecule has 2 aromatic rings. The van der Waals surface area contributed by atoms with E-state index in [0.717, 1.165) is 36.9 Å². The first-order valence-electron chi connectivity index (χ1n) is 7.77. The van der Waals surface area contributed by atoms with Crippen LogP contribution >= 0.6 is 11.3 Å². The quantitative estimate of drug-likeness (QED) is 0.605. The number of aryl methyl sites for hydroxylation is 1. The van der Waals surface area contributed by atoms with Crippen molar-refractivity contribution in [2.24, 2.45) is 4.99 Å². The van der Waals surface area contributed by atoms with Gasteiger partial charge in [0.2, 0.25) is 0 Å². The number of para-hydroxylation sites is 1. The minimum Gasteiger partial charge on any atom is -0.496 e. The van der Waals surface area contributed by atoms with Crippen LogP contribution in [0.3, 0.4) is 0 Å². The highest BCUT2D eigenvalue weighted by molar-refractivity contribution is 7.09. The zero-order valence-electron chi connectivity index (χ0n) is 13.9. The summed E-state index contributed by atoms with van der Waals surface area (Å²) in [5, 5.41) is 6.64. The van der Waals surface area contributed by atoms with Crippen LogP contribution in [-0.4, -0.2) is 31.1 Å². The standard InChI is InChI=1S/C17H24N4OS/c1-4-18-17(20-11-16-13(2)21-12-23-16)19-10-9-14-7-5-6-8-15(14)22-3/h5-8,12H,4,9-11H2,1-3H3,(H2,18,19,20). The monoisotopic (exact) mass is 332 g/mol. The second-order valence-corrected chi connectivity index (χ2v) is 5.98. The van der Waals surface area contributed by atoms with Crippen LogP contribution in [0.25, 0.3) is 0 Å². The molecule has 0 aliphatic rings. The highest BCUT2D eigenvalue weighted by atomic mass is 32.1. The molecule has 124 valence electrons. The Balaban J connectivity index is 1.90. The van der Waals surface area contributed by atoms with Crippen LogP contribution in [0.4, 0.5) is 0 Å². The smallest absolute Gasteiger partial charge is 0.191 e. The Kier molecular flexibility index (Phi) is 6.87. The minimum absolute atomic E-state index is 0.653. The van der Waals surface area contributed by atoms with Crippen molar-refractivity contribution in [3.63, 3.8) is 0 Å². The second-order valence-electron chi connectivity index (χ2n) is 5.04. The van der Waals surface area contributed by atoms with Gasteiger partial charge in [-0.3, -0.25) is 0 Å². The fourth-order valence-corrected chi connectivity index (χ4v) is 2.90. The summed E-state index contributed by atoms with van der Waals surface area (Å²) in [5.41, 5.74) is 4.11. The van der Waals surface area contributed by atoms with Crippen molar-refractivity contribution in [2.45, 2.75) is 26.8 Å². The third kappa shape index (κ3) is 5.25. The highest BCUT2D eigenvalue weighted by Gasteiger charge is 2.04.